The molecular formula is C15H17F4N3S. The number of alkyl halides is 3. The Morgan fingerprint density at radius 1 is 1.26 bits per heavy atom. The van der Waals surface area contributed by atoms with E-state index in [9.17, 15) is 17.6 Å². The second-order valence-electron chi connectivity index (χ2n) is 5.56. The van der Waals surface area contributed by atoms with Gasteiger partial charge in [0, 0.05) is 23.0 Å². The minimum atomic E-state index is -4.62. The highest BCUT2D eigenvalue weighted by Gasteiger charge is 2.32. The van der Waals surface area contributed by atoms with Crippen LogP contribution in [0.3, 0.4) is 0 Å². The summed E-state index contributed by atoms with van der Waals surface area (Å²) in [5.74, 6) is -0.954. The van der Waals surface area contributed by atoms with Gasteiger partial charge < -0.3 is 5.73 Å². The summed E-state index contributed by atoms with van der Waals surface area (Å²) in [5.41, 5.74) is 5.04. The molecule has 3 nitrogen and oxygen atoms in total. The second kappa shape index (κ2) is 6.45. The monoisotopic (exact) mass is 347 g/mol. The lowest BCUT2D eigenvalue weighted by Crippen LogP contribution is -2.25. The summed E-state index contributed by atoms with van der Waals surface area (Å²) in [7, 11) is 1.89. The van der Waals surface area contributed by atoms with Gasteiger partial charge in [0.1, 0.15) is 5.82 Å². The fraction of sp³-hybridized carbons (Fsp3) is 0.400. The molecule has 2 rings (SSSR count). The molecule has 126 valence electrons. The predicted octanol–water partition coefficient (Wildman–Crippen LogP) is 4.39. The van der Waals surface area contributed by atoms with Gasteiger partial charge in [-0.3, -0.25) is 4.90 Å². The molecule has 0 aliphatic carbocycles. The van der Waals surface area contributed by atoms with E-state index in [1.165, 1.54) is 11.3 Å². The molecule has 1 heterocycles. The molecule has 2 N–H and O–H groups in total. The van der Waals surface area contributed by atoms with Crippen LogP contribution in [-0.2, 0) is 12.7 Å². The van der Waals surface area contributed by atoms with Gasteiger partial charge in [0.05, 0.1) is 11.3 Å². The van der Waals surface area contributed by atoms with Crippen molar-refractivity contribution in [1.29, 1.82) is 0 Å². The molecule has 0 aliphatic rings. The number of nitrogens with two attached hydrogens (primary N) is 1. The van der Waals surface area contributed by atoms with E-state index in [1.54, 1.807) is 0 Å². The van der Waals surface area contributed by atoms with Crippen LogP contribution in [0.5, 0.6) is 0 Å². The van der Waals surface area contributed by atoms with Crippen molar-refractivity contribution in [3.63, 3.8) is 0 Å². The third-order valence-electron chi connectivity index (χ3n) is 3.49. The molecule has 0 spiro atoms. The maximum Gasteiger partial charge on any atom is 0.416 e. The lowest BCUT2D eigenvalue weighted by molar-refractivity contribution is -0.137. The molecule has 8 heteroatoms. The van der Waals surface area contributed by atoms with Crippen LogP contribution in [0, 0.1) is 5.82 Å². The van der Waals surface area contributed by atoms with Gasteiger partial charge in [0.15, 0.2) is 5.13 Å². The fourth-order valence-corrected chi connectivity index (χ4v) is 2.92. The summed E-state index contributed by atoms with van der Waals surface area (Å²) < 4.78 is 52.2. The average molecular weight is 347 g/mol. The first kappa shape index (κ1) is 17.7. The first-order valence-electron chi connectivity index (χ1n) is 6.91. The third-order valence-corrected chi connectivity index (χ3v) is 4.36. The Balaban J connectivity index is 2.48. The molecule has 0 bridgehead atoms. The van der Waals surface area contributed by atoms with Gasteiger partial charge in [-0.1, -0.05) is 0 Å². The van der Waals surface area contributed by atoms with Gasteiger partial charge in [-0.15, -0.1) is 11.3 Å². The van der Waals surface area contributed by atoms with E-state index >= 15 is 0 Å². The van der Waals surface area contributed by atoms with Crippen LogP contribution in [0.15, 0.2) is 18.2 Å². The third kappa shape index (κ3) is 4.20. The van der Waals surface area contributed by atoms with Crippen molar-refractivity contribution in [3.8, 4) is 11.3 Å². The molecule has 23 heavy (non-hydrogen) atoms. The molecule has 0 saturated carbocycles. The normalized spacial score (nSPS) is 12.4. The highest BCUT2D eigenvalue weighted by Crippen LogP contribution is 2.36. The van der Waals surface area contributed by atoms with Gasteiger partial charge in [-0.2, -0.15) is 13.2 Å². The van der Waals surface area contributed by atoms with Crippen LogP contribution in [0.25, 0.3) is 11.3 Å². The maximum atomic E-state index is 13.6. The smallest absolute Gasteiger partial charge is 0.375 e. The second-order valence-corrected chi connectivity index (χ2v) is 6.67. The van der Waals surface area contributed by atoms with Crippen molar-refractivity contribution < 1.29 is 17.6 Å². The van der Waals surface area contributed by atoms with E-state index in [2.05, 4.69) is 4.98 Å². The molecule has 0 unspecified atom stereocenters. The quantitative estimate of drug-likeness (QED) is 0.834. The minimum absolute atomic E-state index is 0.0810. The number of hydrogen-bond acceptors (Lipinski definition) is 4. The zero-order valence-corrected chi connectivity index (χ0v) is 13.7. The average Bonchev–Trinajstić information content (AvgIpc) is 2.77. The summed E-state index contributed by atoms with van der Waals surface area (Å²) in [6.45, 7) is 4.46. The Bertz CT molecular complexity index is 695. The lowest BCUT2D eigenvalue weighted by Gasteiger charge is -2.20. The summed E-state index contributed by atoms with van der Waals surface area (Å²) in [6.07, 6.45) is -4.62. The Morgan fingerprint density at radius 2 is 1.91 bits per heavy atom. The summed E-state index contributed by atoms with van der Waals surface area (Å²) >= 11 is 1.20. The molecule has 0 aliphatic heterocycles. The SMILES string of the molecule is CC(C)N(C)Cc1sc(N)nc1-c1cc(F)cc(C(F)(F)F)c1. The molecule has 0 saturated heterocycles. The molecule has 0 amide bonds. The molecule has 1 aromatic heterocycles. The summed E-state index contributed by atoms with van der Waals surface area (Å²) in [6, 6.07) is 2.66. The Kier molecular flexibility index (Phi) is 4.95. The Labute approximate surface area is 135 Å². The zero-order valence-electron chi connectivity index (χ0n) is 12.9. The number of rotatable bonds is 4. The van der Waals surface area contributed by atoms with Crippen LogP contribution < -0.4 is 5.73 Å². The molecule has 2 aromatic rings. The van der Waals surface area contributed by atoms with Gasteiger partial charge in [-0.25, -0.2) is 9.37 Å². The van der Waals surface area contributed by atoms with Crippen LogP contribution in [0.1, 0.15) is 24.3 Å². The standard InChI is InChI=1S/C15H17F4N3S/c1-8(2)22(3)7-12-13(21-14(20)23-12)9-4-10(15(17,18)19)6-11(16)5-9/h4-6,8H,7H2,1-3H3,(H2,20,21). The van der Waals surface area contributed by atoms with E-state index < -0.39 is 17.6 Å². The predicted molar refractivity (Wildman–Crippen MR) is 83.5 cm³/mol. The van der Waals surface area contributed by atoms with Crippen molar-refractivity contribution in [3.05, 3.63) is 34.5 Å². The highest BCUT2D eigenvalue weighted by molar-refractivity contribution is 7.15. The number of anilines is 1. The van der Waals surface area contributed by atoms with Crippen LogP contribution >= 0.6 is 11.3 Å². The minimum Gasteiger partial charge on any atom is -0.375 e. The van der Waals surface area contributed by atoms with Gasteiger partial charge in [0.25, 0.3) is 0 Å². The number of aromatic nitrogens is 1. The highest BCUT2D eigenvalue weighted by atomic mass is 32.1. The van der Waals surface area contributed by atoms with Crippen molar-refractivity contribution in [2.75, 3.05) is 12.8 Å². The molecule has 1 aromatic carbocycles. The first-order chi connectivity index (χ1) is 10.6. The number of hydrogen-bond donors (Lipinski definition) is 1. The van der Waals surface area contributed by atoms with E-state index in [0.717, 1.165) is 12.1 Å². The van der Waals surface area contributed by atoms with E-state index in [0.29, 0.717) is 23.2 Å². The van der Waals surface area contributed by atoms with Crippen molar-refractivity contribution in [1.82, 2.24) is 9.88 Å². The van der Waals surface area contributed by atoms with E-state index in [4.69, 9.17) is 5.73 Å². The van der Waals surface area contributed by atoms with Crippen LogP contribution in [0.2, 0.25) is 0 Å². The summed E-state index contributed by atoms with van der Waals surface area (Å²) in [5, 5.41) is 0.241. The van der Waals surface area contributed by atoms with E-state index in [-0.39, 0.29) is 16.7 Å². The van der Waals surface area contributed by atoms with Crippen molar-refractivity contribution in [2.24, 2.45) is 0 Å². The van der Waals surface area contributed by atoms with Crippen LogP contribution in [0.4, 0.5) is 22.7 Å². The van der Waals surface area contributed by atoms with Crippen LogP contribution in [-0.4, -0.2) is 23.0 Å². The lowest BCUT2D eigenvalue weighted by atomic mass is 10.1. The van der Waals surface area contributed by atoms with E-state index in [1.807, 2.05) is 25.8 Å². The molecule has 0 fully saturated rings. The number of nitrogens with zero attached hydrogens (tertiary/aromatic N) is 2. The maximum absolute atomic E-state index is 13.6. The first-order valence-corrected chi connectivity index (χ1v) is 7.73. The largest absolute Gasteiger partial charge is 0.416 e. The fourth-order valence-electron chi connectivity index (χ4n) is 2.00. The topological polar surface area (TPSA) is 42.1 Å². The van der Waals surface area contributed by atoms with Gasteiger partial charge in [-0.05, 0) is 39.1 Å². The molecule has 0 radical (unpaired) electrons. The number of benzene rings is 1. The number of nitrogen functional groups attached to an aromatic ring is 1. The number of halogens is 4. The molecule has 0 atom stereocenters. The molecular weight excluding hydrogens is 330 g/mol. The Hall–Kier alpha value is -1.67. The van der Waals surface area contributed by atoms with Gasteiger partial charge in [0.2, 0.25) is 0 Å². The van der Waals surface area contributed by atoms with Crippen molar-refractivity contribution in [2.45, 2.75) is 32.6 Å². The number of thiazole rings is 1. The van der Waals surface area contributed by atoms with Crippen molar-refractivity contribution >= 4 is 16.5 Å². The van der Waals surface area contributed by atoms with Gasteiger partial charge >= 0.3 is 6.18 Å². The Morgan fingerprint density at radius 3 is 2.48 bits per heavy atom. The summed E-state index contributed by atoms with van der Waals surface area (Å²) in [4.78, 5) is 6.80. The zero-order chi connectivity index (χ0) is 17.4.